The predicted octanol–water partition coefficient (Wildman–Crippen LogP) is 0.962. The Labute approximate surface area is 94.0 Å². The highest BCUT2D eigenvalue weighted by molar-refractivity contribution is 5.71. The first kappa shape index (κ1) is 10.5. The van der Waals surface area contributed by atoms with Crippen LogP contribution >= 0.6 is 0 Å². The van der Waals surface area contributed by atoms with Gasteiger partial charge in [-0.25, -0.2) is 0 Å². The smallest absolute Gasteiger partial charge is 0.308 e. The quantitative estimate of drug-likeness (QED) is 0.659. The van der Waals surface area contributed by atoms with Gasteiger partial charge in [0.2, 0.25) is 0 Å². The molecule has 0 amide bonds. The summed E-state index contributed by atoms with van der Waals surface area (Å²) in [6.45, 7) is 0.802. The highest BCUT2D eigenvalue weighted by atomic mass is 16.8. The van der Waals surface area contributed by atoms with Gasteiger partial charge >= 0.3 is 5.97 Å². The largest absolute Gasteiger partial charge is 0.463 e. The number of hydrogen-bond acceptors (Lipinski definition) is 5. The second-order valence-corrected chi connectivity index (χ2v) is 4.62. The molecule has 1 spiro atoms. The monoisotopic (exact) mass is 228 g/mol. The van der Waals surface area contributed by atoms with Crippen molar-refractivity contribution in [1.82, 2.24) is 0 Å². The van der Waals surface area contributed by atoms with Gasteiger partial charge in [-0.1, -0.05) is 0 Å². The zero-order chi connectivity index (χ0) is 11.0. The van der Waals surface area contributed by atoms with Crippen molar-refractivity contribution >= 4 is 5.97 Å². The van der Waals surface area contributed by atoms with Gasteiger partial charge in [-0.3, -0.25) is 4.79 Å². The van der Waals surface area contributed by atoms with E-state index in [1.807, 2.05) is 0 Å². The number of carbonyl (C=O) groups is 1. The van der Waals surface area contributed by atoms with Crippen LogP contribution in [0.3, 0.4) is 0 Å². The van der Waals surface area contributed by atoms with Crippen molar-refractivity contribution in [3.63, 3.8) is 0 Å². The van der Waals surface area contributed by atoms with Crippen molar-refractivity contribution in [1.29, 1.82) is 0 Å². The molecular formula is C11H16O5. The van der Waals surface area contributed by atoms with Crippen molar-refractivity contribution < 1.29 is 23.7 Å². The Kier molecular flexibility index (Phi) is 2.61. The van der Waals surface area contributed by atoms with E-state index in [1.54, 1.807) is 0 Å². The molecule has 5 nitrogen and oxygen atoms in total. The molecule has 2 unspecified atom stereocenters. The topological polar surface area (TPSA) is 54.0 Å². The van der Waals surface area contributed by atoms with E-state index in [0.29, 0.717) is 19.6 Å². The number of esters is 1. The fourth-order valence-corrected chi connectivity index (χ4v) is 2.56. The second kappa shape index (κ2) is 3.98. The molecule has 2 saturated heterocycles. The Morgan fingerprint density at radius 1 is 1.25 bits per heavy atom. The minimum atomic E-state index is -0.395. The lowest BCUT2D eigenvalue weighted by Crippen LogP contribution is -2.29. The first-order valence-electron chi connectivity index (χ1n) is 5.89. The van der Waals surface area contributed by atoms with Crippen LogP contribution in [0.15, 0.2) is 0 Å². The van der Waals surface area contributed by atoms with Crippen molar-refractivity contribution in [2.45, 2.75) is 50.3 Å². The predicted molar refractivity (Wildman–Crippen MR) is 52.5 cm³/mol. The standard InChI is InChI=1S/C11H16O5/c12-9-5-8(6-13-9)15-10-7-14-11(16-10)3-1-2-4-11/h8,10H,1-7H2. The molecule has 90 valence electrons. The summed E-state index contributed by atoms with van der Waals surface area (Å²) in [4.78, 5) is 10.9. The lowest BCUT2D eigenvalue weighted by atomic mass is 10.2. The summed E-state index contributed by atoms with van der Waals surface area (Å²) in [5, 5.41) is 0. The van der Waals surface area contributed by atoms with Crippen molar-refractivity contribution in [3.05, 3.63) is 0 Å². The molecule has 0 aromatic carbocycles. The Morgan fingerprint density at radius 2 is 2.06 bits per heavy atom. The number of rotatable bonds is 2. The molecule has 1 aliphatic carbocycles. The minimum absolute atomic E-state index is 0.169. The third-order valence-electron chi connectivity index (χ3n) is 3.36. The maximum absolute atomic E-state index is 10.9. The average Bonchev–Trinajstić information content (AvgIpc) is 2.94. The summed E-state index contributed by atoms with van der Waals surface area (Å²) in [5.74, 6) is -0.590. The van der Waals surface area contributed by atoms with Gasteiger partial charge in [-0.05, 0) is 12.8 Å². The average molecular weight is 228 g/mol. The fourth-order valence-electron chi connectivity index (χ4n) is 2.56. The lowest BCUT2D eigenvalue weighted by Gasteiger charge is -2.22. The number of ether oxygens (including phenoxy) is 4. The summed E-state index contributed by atoms with van der Waals surface area (Å²) in [7, 11) is 0. The summed E-state index contributed by atoms with van der Waals surface area (Å²) in [6.07, 6.45) is 4.03. The van der Waals surface area contributed by atoms with Crippen LogP contribution in [-0.4, -0.2) is 37.4 Å². The Balaban J connectivity index is 1.52. The van der Waals surface area contributed by atoms with Crippen LogP contribution in [0.1, 0.15) is 32.1 Å². The van der Waals surface area contributed by atoms with Crippen molar-refractivity contribution in [2.75, 3.05) is 13.2 Å². The maximum atomic E-state index is 10.9. The summed E-state index contributed by atoms with van der Waals surface area (Å²) >= 11 is 0. The second-order valence-electron chi connectivity index (χ2n) is 4.62. The minimum Gasteiger partial charge on any atom is -0.463 e. The fraction of sp³-hybridized carbons (Fsp3) is 0.909. The van der Waals surface area contributed by atoms with Crippen molar-refractivity contribution in [3.8, 4) is 0 Å². The van der Waals surface area contributed by atoms with Gasteiger partial charge in [0.05, 0.1) is 6.42 Å². The van der Waals surface area contributed by atoms with Gasteiger partial charge < -0.3 is 18.9 Å². The zero-order valence-electron chi connectivity index (χ0n) is 9.15. The molecule has 3 aliphatic rings. The molecule has 0 radical (unpaired) electrons. The van der Waals surface area contributed by atoms with Crippen molar-refractivity contribution in [2.24, 2.45) is 0 Å². The molecular weight excluding hydrogens is 212 g/mol. The van der Waals surface area contributed by atoms with Gasteiger partial charge in [0.1, 0.15) is 19.3 Å². The molecule has 3 rings (SSSR count). The third kappa shape index (κ3) is 1.95. The van der Waals surface area contributed by atoms with E-state index in [2.05, 4.69) is 0 Å². The molecule has 3 fully saturated rings. The van der Waals surface area contributed by atoms with E-state index in [-0.39, 0.29) is 18.4 Å². The normalized spacial score (nSPS) is 37.1. The van der Waals surface area contributed by atoms with Crippen LogP contribution in [0.4, 0.5) is 0 Å². The molecule has 2 atom stereocenters. The zero-order valence-corrected chi connectivity index (χ0v) is 9.15. The first-order chi connectivity index (χ1) is 7.76. The summed E-state index contributed by atoms with van der Waals surface area (Å²) < 4.78 is 21.9. The summed E-state index contributed by atoms with van der Waals surface area (Å²) in [5.41, 5.74) is 0. The molecule has 5 heteroatoms. The van der Waals surface area contributed by atoms with E-state index < -0.39 is 5.79 Å². The molecule has 2 heterocycles. The summed E-state index contributed by atoms with van der Waals surface area (Å²) in [6, 6.07) is 0. The number of carbonyl (C=O) groups excluding carboxylic acids is 1. The molecule has 1 saturated carbocycles. The van der Waals surface area contributed by atoms with E-state index >= 15 is 0 Å². The van der Waals surface area contributed by atoms with Gasteiger partial charge in [0.15, 0.2) is 12.1 Å². The van der Waals surface area contributed by atoms with Crippen LogP contribution in [0.2, 0.25) is 0 Å². The van der Waals surface area contributed by atoms with Gasteiger partial charge in [-0.2, -0.15) is 0 Å². The van der Waals surface area contributed by atoms with E-state index in [9.17, 15) is 4.79 Å². The highest BCUT2D eigenvalue weighted by Gasteiger charge is 2.45. The molecule has 0 N–H and O–H groups in total. The van der Waals surface area contributed by atoms with E-state index in [4.69, 9.17) is 18.9 Å². The molecule has 2 aliphatic heterocycles. The number of cyclic esters (lactones) is 1. The molecule has 0 aromatic rings. The molecule has 0 bridgehead atoms. The Morgan fingerprint density at radius 3 is 2.75 bits per heavy atom. The highest BCUT2D eigenvalue weighted by Crippen LogP contribution is 2.39. The van der Waals surface area contributed by atoms with E-state index in [0.717, 1.165) is 25.7 Å². The van der Waals surface area contributed by atoms with Crippen LogP contribution in [0.5, 0.6) is 0 Å². The van der Waals surface area contributed by atoms with Gasteiger partial charge in [0, 0.05) is 12.8 Å². The van der Waals surface area contributed by atoms with Crippen LogP contribution in [-0.2, 0) is 23.7 Å². The lowest BCUT2D eigenvalue weighted by molar-refractivity contribution is -0.217. The SMILES string of the molecule is O=C1CC(OC2COC3(CCCC3)O2)CO1. The number of hydrogen-bond donors (Lipinski definition) is 0. The molecule has 0 aromatic heterocycles. The van der Waals surface area contributed by atoms with Crippen LogP contribution in [0, 0.1) is 0 Å². The maximum Gasteiger partial charge on any atom is 0.308 e. The van der Waals surface area contributed by atoms with Crippen LogP contribution in [0.25, 0.3) is 0 Å². The van der Waals surface area contributed by atoms with Gasteiger partial charge in [-0.15, -0.1) is 0 Å². The van der Waals surface area contributed by atoms with Crippen LogP contribution < -0.4 is 0 Å². The molecule has 16 heavy (non-hydrogen) atoms. The Bertz CT molecular complexity index is 284. The van der Waals surface area contributed by atoms with E-state index in [1.165, 1.54) is 0 Å². The Hall–Kier alpha value is -0.650. The van der Waals surface area contributed by atoms with Gasteiger partial charge in [0.25, 0.3) is 0 Å². The first-order valence-corrected chi connectivity index (χ1v) is 5.89. The third-order valence-corrected chi connectivity index (χ3v) is 3.36.